The van der Waals surface area contributed by atoms with Gasteiger partial charge in [0, 0.05) is 17.0 Å². The average Bonchev–Trinajstić information content (AvgIpc) is 2.98. The normalized spacial score (nSPS) is 19.1. The van der Waals surface area contributed by atoms with Gasteiger partial charge in [-0.2, -0.15) is 0 Å². The van der Waals surface area contributed by atoms with Gasteiger partial charge in [0.1, 0.15) is 0 Å². The van der Waals surface area contributed by atoms with Gasteiger partial charge in [0.2, 0.25) is 0 Å². The van der Waals surface area contributed by atoms with Crippen molar-refractivity contribution in [3.8, 4) is 11.5 Å². The summed E-state index contributed by atoms with van der Waals surface area (Å²) in [5.74, 6) is 0.199. The number of hydrogen-bond acceptors (Lipinski definition) is 8. The van der Waals surface area contributed by atoms with Crippen LogP contribution < -0.4 is 14.8 Å². The molecule has 0 aliphatic carbocycles. The zero-order valence-electron chi connectivity index (χ0n) is 15.4. The second kappa shape index (κ2) is 9.32. The van der Waals surface area contributed by atoms with E-state index < -0.39 is 27.8 Å². The molecule has 0 aromatic heterocycles. The lowest BCUT2D eigenvalue weighted by Gasteiger charge is -2.15. The Kier molecular flexibility index (Phi) is 7.37. The number of methoxy groups -OCH3 is 2. The second-order valence-electron chi connectivity index (χ2n) is 6.03. The van der Waals surface area contributed by atoms with Crippen molar-refractivity contribution in [2.24, 2.45) is 0 Å². The molecule has 0 bridgehead atoms. The van der Waals surface area contributed by atoms with Gasteiger partial charge in [0.05, 0.1) is 31.5 Å². The third-order valence-corrected chi connectivity index (χ3v) is 7.21. The maximum absolute atomic E-state index is 12.2. The maximum atomic E-state index is 12.2. The van der Waals surface area contributed by atoms with Crippen LogP contribution in [0.2, 0.25) is 0 Å². The monoisotopic (exact) mass is 417 g/mol. The van der Waals surface area contributed by atoms with E-state index in [-0.39, 0.29) is 22.5 Å². The van der Waals surface area contributed by atoms with Crippen LogP contribution in [-0.4, -0.2) is 63.1 Å². The van der Waals surface area contributed by atoms with Crippen molar-refractivity contribution >= 4 is 39.2 Å². The Hall–Kier alpha value is -1.94. The molecule has 0 spiro atoms. The Bertz CT molecular complexity index is 794. The molecule has 0 unspecified atom stereocenters. The van der Waals surface area contributed by atoms with Gasteiger partial charge in [0.15, 0.2) is 27.4 Å². The topological polar surface area (TPSA) is 108 Å². The third kappa shape index (κ3) is 6.31. The highest BCUT2D eigenvalue weighted by Gasteiger charge is 2.29. The number of carbonyl (C=O) groups is 2. The van der Waals surface area contributed by atoms with Crippen molar-refractivity contribution in [3.05, 3.63) is 18.2 Å². The van der Waals surface area contributed by atoms with E-state index >= 15 is 0 Å². The van der Waals surface area contributed by atoms with Gasteiger partial charge in [-0.05, 0) is 25.5 Å². The van der Waals surface area contributed by atoms with E-state index in [4.69, 9.17) is 14.2 Å². The van der Waals surface area contributed by atoms with Gasteiger partial charge in [-0.1, -0.05) is 0 Å². The summed E-state index contributed by atoms with van der Waals surface area (Å²) in [6.45, 7) is 1.47. The summed E-state index contributed by atoms with van der Waals surface area (Å²) < 4.78 is 38.2. The first-order valence-electron chi connectivity index (χ1n) is 8.28. The number of nitrogens with one attached hydrogen (secondary N) is 1. The summed E-state index contributed by atoms with van der Waals surface area (Å²) in [4.78, 5) is 24.1. The minimum Gasteiger partial charge on any atom is -0.493 e. The number of benzene rings is 1. The molecule has 1 saturated heterocycles. The molecular formula is C17H23NO7S2. The molecule has 2 rings (SSSR count). The molecule has 1 aromatic carbocycles. The average molecular weight is 418 g/mol. The van der Waals surface area contributed by atoms with Crippen molar-refractivity contribution in [1.29, 1.82) is 0 Å². The summed E-state index contributed by atoms with van der Waals surface area (Å²) in [5.41, 5.74) is 0.478. The van der Waals surface area contributed by atoms with Gasteiger partial charge < -0.3 is 19.5 Å². The zero-order valence-corrected chi connectivity index (χ0v) is 17.0. The zero-order chi connectivity index (χ0) is 20.0. The first-order chi connectivity index (χ1) is 12.7. The molecule has 1 fully saturated rings. The van der Waals surface area contributed by atoms with Crippen LogP contribution in [0.5, 0.6) is 11.5 Å². The van der Waals surface area contributed by atoms with Crippen LogP contribution in [0.3, 0.4) is 0 Å². The van der Waals surface area contributed by atoms with E-state index in [1.165, 1.54) is 32.9 Å². The quantitative estimate of drug-likeness (QED) is 0.634. The number of esters is 1. The SMILES string of the molecule is COc1ccc(NC(=O)[C@H](C)OC(=O)CS[C@H]2CCS(=O)(=O)C2)cc1OC. The van der Waals surface area contributed by atoms with Crippen LogP contribution in [0, 0.1) is 0 Å². The molecule has 1 N–H and O–H groups in total. The smallest absolute Gasteiger partial charge is 0.316 e. The van der Waals surface area contributed by atoms with Gasteiger partial charge in [-0.25, -0.2) is 8.42 Å². The summed E-state index contributed by atoms with van der Waals surface area (Å²) in [6.07, 6.45) is -0.450. The van der Waals surface area contributed by atoms with Gasteiger partial charge in [-0.15, -0.1) is 11.8 Å². The first kappa shape index (κ1) is 21.4. The first-order valence-corrected chi connectivity index (χ1v) is 11.2. The summed E-state index contributed by atoms with van der Waals surface area (Å²) in [6, 6.07) is 4.89. The summed E-state index contributed by atoms with van der Waals surface area (Å²) >= 11 is 1.25. The molecule has 1 amide bonds. The molecule has 1 aliphatic heterocycles. The van der Waals surface area contributed by atoms with Gasteiger partial charge >= 0.3 is 5.97 Å². The third-order valence-electron chi connectivity index (χ3n) is 3.96. The van der Waals surface area contributed by atoms with E-state index in [0.29, 0.717) is 23.6 Å². The Balaban J connectivity index is 1.82. The molecule has 27 heavy (non-hydrogen) atoms. The van der Waals surface area contributed by atoms with E-state index in [0.717, 1.165) is 0 Å². The number of anilines is 1. The molecular weight excluding hydrogens is 394 g/mol. The highest BCUT2D eigenvalue weighted by atomic mass is 32.2. The maximum Gasteiger partial charge on any atom is 0.316 e. The number of amides is 1. The molecule has 2 atom stereocenters. The summed E-state index contributed by atoms with van der Waals surface area (Å²) in [5, 5.41) is 2.54. The van der Waals surface area contributed by atoms with Crippen LogP contribution >= 0.6 is 11.8 Å². The molecule has 0 saturated carbocycles. The number of carbonyl (C=O) groups excluding carboxylic acids is 2. The van der Waals surface area contributed by atoms with Crippen LogP contribution in [0.4, 0.5) is 5.69 Å². The fraction of sp³-hybridized carbons (Fsp3) is 0.529. The Morgan fingerprint density at radius 3 is 2.56 bits per heavy atom. The molecule has 1 heterocycles. The lowest BCUT2D eigenvalue weighted by atomic mass is 10.2. The largest absolute Gasteiger partial charge is 0.493 e. The number of hydrogen-bond donors (Lipinski definition) is 1. The Morgan fingerprint density at radius 1 is 1.26 bits per heavy atom. The van der Waals surface area contributed by atoms with Crippen LogP contribution in [-0.2, 0) is 24.2 Å². The summed E-state index contributed by atoms with van der Waals surface area (Å²) in [7, 11) is 0.0162. The Morgan fingerprint density at radius 2 is 1.96 bits per heavy atom. The highest BCUT2D eigenvalue weighted by Crippen LogP contribution is 2.30. The van der Waals surface area contributed by atoms with Crippen molar-refractivity contribution in [2.45, 2.75) is 24.7 Å². The molecule has 10 heteroatoms. The van der Waals surface area contributed by atoms with Crippen LogP contribution in [0.1, 0.15) is 13.3 Å². The molecule has 1 aromatic rings. The van der Waals surface area contributed by atoms with Crippen molar-refractivity contribution in [2.75, 3.05) is 36.8 Å². The fourth-order valence-electron chi connectivity index (χ4n) is 2.52. The predicted molar refractivity (Wildman–Crippen MR) is 103 cm³/mol. The standard InChI is InChI=1S/C17H23NO7S2/c1-11(25-16(19)9-26-13-6-7-27(21,22)10-13)17(20)18-12-4-5-14(23-2)15(8-12)24-3/h4-5,8,11,13H,6-7,9-10H2,1-3H3,(H,18,20)/t11-,13-/m0/s1. The fourth-order valence-corrected chi connectivity index (χ4v) is 5.94. The minimum atomic E-state index is -2.98. The number of rotatable bonds is 8. The van der Waals surface area contributed by atoms with E-state index in [2.05, 4.69) is 5.32 Å². The van der Waals surface area contributed by atoms with Crippen molar-refractivity contribution in [3.63, 3.8) is 0 Å². The van der Waals surface area contributed by atoms with Gasteiger partial charge in [-0.3, -0.25) is 9.59 Å². The van der Waals surface area contributed by atoms with E-state index in [1.54, 1.807) is 18.2 Å². The Labute approximate surface area is 162 Å². The number of ether oxygens (including phenoxy) is 3. The highest BCUT2D eigenvalue weighted by molar-refractivity contribution is 8.02. The van der Waals surface area contributed by atoms with Crippen LogP contribution in [0.15, 0.2) is 18.2 Å². The number of sulfone groups is 1. The minimum absolute atomic E-state index is 0.00810. The lowest BCUT2D eigenvalue weighted by molar-refractivity contribution is -0.150. The molecule has 0 radical (unpaired) electrons. The van der Waals surface area contributed by atoms with Gasteiger partial charge in [0.25, 0.3) is 5.91 Å². The lowest BCUT2D eigenvalue weighted by Crippen LogP contribution is -2.30. The van der Waals surface area contributed by atoms with E-state index in [9.17, 15) is 18.0 Å². The molecule has 8 nitrogen and oxygen atoms in total. The van der Waals surface area contributed by atoms with Crippen molar-refractivity contribution < 1.29 is 32.2 Å². The number of thioether (sulfide) groups is 1. The molecule has 150 valence electrons. The second-order valence-corrected chi connectivity index (χ2v) is 9.54. The van der Waals surface area contributed by atoms with Crippen LogP contribution in [0.25, 0.3) is 0 Å². The molecule has 1 aliphatic rings. The predicted octanol–water partition coefficient (Wildman–Crippen LogP) is 1.49. The van der Waals surface area contributed by atoms with Crippen molar-refractivity contribution in [1.82, 2.24) is 0 Å². The van der Waals surface area contributed by atoms with E-state index in [1.807, 2.05) is 0 Å².